The fraction of sp³-hybridized carbons (Fsp3) is 0.0385. The van der Waals surface area contributed by atoms with Gasteiger partial charge in [0.05, 0.1) is 12.0 Å². The van der Waals surface area contributed by atoms with E-state index < -0.39 is 5.82 Å². The van der Waals surface area contributed by atoms with Gasteiger partial charge in [-0.3, -0.25) is 9.36 Å². The van der Waals surface area contributed by atoms with Gasteiger partial charge in [-0.15, -0.1) is 10.2 Å². The lowest BCUT2D eigenvalue weighted by molar-refractivity contribution is 0.102. The van der Waals surface area contributed by atoms with Crippen molar-refractivity contribution in [2.24, 2.45) is 0 Å². The molecule has 174 valence electrons. The highest BCUT2D eigenvalue weighted by Crippen LogP contribution is 2.30. The molecule has 2 aromatic heterocycles. The molecule has 2 heterocycles. The van der Waals surface area contributed by atoms with Gasteiger partial charge < -0.3 is 9.73 Å². The first kappa shape index (κ1) is 22.5. The molecule has 0 fully saturated rings. The summed E-state index contributed by atoms with van der Waals surface area (Å²) in [7, 11) is 0. The third-order valence-corrected chi connectivity index (χ3v) is 6.13. The maximum atomic E-state index is 13.5. The van der Waals surface area contributed by atoms with Gasteiger partial charge in [0.15, 0.2) is 10.9 Å². The Hall–Kier alpha value is -4.24. The molecule has 6 nitrogen and oxygen atoms in total. The lowest BCUT2D eigenvalue weighted by Gasteiger charge is -2.10. The molecular formula is C26H18F2N4O2S. The summed E-state index contributed by atoms with van der Waals surface area (Å²) in [6, 6.07) is 22.5. The van der Waals surface area contributed by atoms with E-state index in [2.05, 4.69) is 15.5 Å². The summed E-state index contributed by atoms with van der Waals surface area (Å²) in [5.74, 6) is 0.532. The lowest BCUT2D eigenvalue weighted by Crippen LogP contribution is -2.11. The average molecular weight is 489 g/mol. The van der Waals surface area contributed by atoms with Crippen LogP contribution in [0, 0.1) is 11.6 Å². The number of aromatic nitrogens is 3. The average Bonchev–Trinajstić information content (AvgIpc) is 3.54. The van der Waals surface area contributed by atoms with E-state index in [-0.39, 0.29) is 11.7 Å². The predicted molar refractivity (Wildman–Crippen MR) is 129 cm³/mol. The third-order valence-electron chi connectivity index (χ3n) is 5.13. The van der Waals surface area contributed by atoms with Crippen molar-refractivity contribution in [2.75, 3.05) is 5.32 Å². The summed E-state index contributed by atoms with van der Waals surface area (Å²) >= 11 is 1.45. The Bertz CT molecular complexity index is 1450. The highest BCUT2D eigenvalue weighted by atomic mass is 32.2. The first-order valence-corrected chi connectivity index (χ1v) is 11.6. The van der Waals surface area contributed by atoms with Gasteiger partial charge in [-0.1, -0.05) is 30.0 Å². The van der Waals surface area contributed by atoms with Gasteiger partial charge in [-0.25, -0.2) is 8.78 Å². The summed E-state index contributed by atoms with van der Waals surface area (Å²) in [6.45, 7) is 0. The van der Waals surface area contributed by atoms with Crippen molar-refractivity contribution < 1.29 is 18.0 Å². The van der Waals surface area contributed by atoms with Crippen LogP contribution < -0.4 is 5.32 Å². The monoisotopic (exact) mass is 488 g/mol. The zero-order valence-corrected chi connectivity index (χ0v) is 19.0. The number of amides is 1. The van der Waals surface area contributed by atoms with Crippen molar-refractivity contribution >= 4 is 23.4 Å². The van der Waals surface area contributed by atoms with Gasteiger partial charge >= 0.3 is 0 Å². The Morgan fingerprint density at radius 2 is 1.71 bits per heavy atom. The first-order valence-electron chi connectivity index (χ1n) is 10.6. The van der Waals surface area contributed by atoms with Crippen molar-refractivity contribution in [1.29, 1.82) is 0 Å². The number of hydrogen-bond acceptors (Lipinski definition) is 5. The number of furan rings is 1. The van der Waals surface area contributed by atoms with E-state index in [9.17, 15) is 13.6 Å². The number of benzene rings is 3. The smallest absolute Gasteiger partial charge is 0.255 e. The summed E-state index contributed by atoms with van der Waals surface area (Å²) in [5, 5.41) is 11.9. The Morgan fingerprint density at radius 3 is 2.43 bits per heavy atom. The molecule has 0 radical (unpaired) electrons. The number of carbonyl (C=O) groups excluding carboxylic acids is 1. The number of rotatable bonds is 7. The van der Waals surface area contributed by atoms with Crippen molar-refractivity contribution in [1.82, 2.24) is 14.8 Å². The quantitative estimate of drug-likeness (QED) is 0.270. The molecule has 0 saturated carbocycles. The van der Waals surface area contributed by atoms with E-state index in [0.717, 1.165) is 5.56 Å². The minimum atomic E-state index is -0.418. The number of carbonyl (C=O) groups is 1. The van der Waals surface area contributed by atoms with Crippen LogP contribution in [0.15, 0.2) is 101 Å². The number of thioether (sulfide) groups is 1. The maximum absolute atomic E-state index is 13.5. The summed E-state index contributed by atoms with van der Waals surface area (Å²) < 4.78 is 34.1. The maximum Gasteiger partial charge on any atom is 0.255 e. The van der Waals surface area contributed by atoms with E-state index in [1.165, 1.54) is 42.1 Å². The Morgan fingerprint density at radius 1 is 0.914 bits per heavy atom. The van der Waals surface area contributed by atoms with Gasteiger partial charge in [0.2, 0.25) is 5.82 Å². The topological polar surface area (TPSA) is 73.0 Å². The molecule has 0 aliphatic carbocycles. The van der Waals surface area contributed by atoms with Crippen LogP contribution in [0.4, 0.5) is 14.5 Å². The molecule has 9 heteroatoms. The number of nitrogens with one attached hydrogen (secondary N) is 1. The molecular weight excluding hydrogens is 470 g/mol. The van der Waals surface area contributed by atoms with Crippen LogP contribution in [0.3, 0.4) is 0 Å². The fourth-order valence-corrected chi connectivity index (χ4v) is 4.33. The molecule has 5 aromatic rings. The molecule has 1 N–H and O–H groups in total. The first-order chi connectivity index (χ1) is 17.1. The van der Waals surface area contributed by atoms with Crippen LogP contribution in [-0.4, -0.2) is 20.7 Å². The molecule has 0 aliphatic heterocycles. The van der Waals surface area contributed by atoms with Crippen LogP contribution in [0.1, 0.15) is 15.9 Å². The summed E-state index contributed by atoms with van der Waals surface area (Å²) in [6.07, 6.45) is 1.55. The van der Waals surface area contributed by atoms with E-state index in [1.54, 1.807) is 48.7 Å². The number of hydrogen-bond donors (Lipinski definition) is 1. The predicted octanol–water partition coefficient (Wildman–Crippen LogP) is 6.35. The normalized spacial score (nSPS) is 10.9. The number of anilines is 1. The molecule has 35 heavy (non-hydrogen) atoms. The number of nitrogens with zero attached hydrogens (tertiary/aromatic N) is 3. The second kappa shape index (κ2) is 9.94. The minimum Gasteiger partial charge on any atom is -0.461 e. The van der Waals surface area contributed by atoms with Crippen molar-refractivity contribution in [3.63, 3.8) is 0 Å². The fourth-order valence-electron chi connectivity index (χ4n) is 3.42. The molecule has 0 unspecified atom stereocenters. The summed E-state index contributed by atoms with van der Waals surface area (Å²) in [5.41, 5.74) is 2.51. The van der Waals surface area contributed by atoms with Crippen LogP contribution in [-0.2, 0) is 5.75 Å². The van der Waals surface area contributed by atoms with E-state index in [1.807, 2.05) is 16.7 Å². The zero-order chi connectivity index (χ0) is 24.2. The number of halogens is 2. The Balaban J connectivity index is 1.32. The molecule has 1 amide bonds. The van der Waals surface area contributed by atoms with Crippen LogP contribution in [0.5, 0.6) is 0 Å². The molecule has 3 aromatic carbocycles. The van der Waals surface area contributed by atoms with Crippen LogP contribution in [0.25, 0.3) is 17.3 Å². The van der Waals surface area contributed by atoms with Crippen molar-refractivity contribution in [3.05, 3.63) is 114 Å². The second-order valence-corrected chi connectivity index (χ2v) is 8.49. The van der Waals surface area contributed by atoms with Crippen LogP contribution in [0.2, 0.25) is 0 Å². The highest BCUT2D eigenvalue weighted by Gasteiger charge is 2.18. The second-order valence-electron chi connectivity index (χ2n) is 7.55. The Labute approximate surface area is 203 Å². The van der Waals surface area contributed by atoms with Gasteiger partial charge in [-0.2, -0.15) is 0 Å². The van der Waals surface area contributed by atoms with Gasteiger partial charge in [0.25, 0.3) is 5.91 Å². The molecule has 0 bridgehead atoms. The molecule has 0 saturated heterocycles. The molecule has 5 rings (SSSR count). The van der Waals surface area contributed by atoms with Crippen LogP contribution >= 0.6 is 11.8 Å². The largest absolute Gasteiger partial charge is 0.461 e. The summed E-state index contributed by atoms with van der Waals surface area (Å²) in [4.78, 5) is 12.5. The standard InChI is InChI=1S/C26H18F2N4O2S/c27-19-10-12-22(13-11-19)32-24(23-5-2-14-34-23)30-31-26(32)35-16-17-6-8-18(9-7-17)25(33)29-21-4-1-3-20(28)15-21/h1-15H,16H2,(H,29,33). The molecule has 0 aliphatic rings. The van der Waals surface area contributed by atoms with E-state index >= 15 is 0 Å². The van der Waals surface area contributed by atoms with E-state index in [4.69, 9.17) is 4.42 Å². The minimum absolute atomic E-state index is 0.325. The Kier molecular flexibility index (Phi) is 6.40. The molecule has 0 spiro atoms. The SMILES string of the molecule is O=C(Nc1cccc(F)c1)c1ccc(CSc2nnc(-c3ccco3)n2-c2ccc(F)cc2)cc1. The van der Waals surface area contributed by atoms with Gasteiger partial charge in [0, 0.05) is 17.0 Å². The van der Waals surface area contributed by atoms with Gasteiger partial charge in [0.1, 0.15) is 11.6 Å². The van der Waals surface area contributed by atoms with Crippen molar-refractivity contribution in [2.45, 2.75) is 10.9 Å². The highest BCUT2D eigenvalue weighted by molar-refractivity contribution is 7.98. The van der Waals surface area contributed by atoms with Gasteiger partial charge in [-0.05, 0) is 72.3 Å². The lowest BCUT2D eigenvalue weighted by atomic mass is 10.1. The third kappa shape index (κ3) is 5.15. The van der Waals surface area contributed by atoms with Crippen molar-refractivity contribution in [3.8, 4) is 17.3 Å². The molecule has 0 atom stereocenters. The van der Waals surface area contributed by atoms with E-state index in [0.29, 0.717) is 39.4 Å². The zero-order valence-electron chi connectivity index (χ0n) is 18.2.